The number of ether oxygens (including phenoxy) is 7. The van der Waals surface area contributed by atoms with Gasteiger partial charge in [0.15, 0.2) is 0 Å². The Labute approximate surface area is 259 Å². The Morgan fingerprint density at radius 2 is 0.667 bits per heavy atom. The second kappa shape index (κ2) is 34.8. The predicted octanol–water partition coefficient (Wildman–Crippen LogP) is 3.46. The third-order valence-electron chi connectivity index (χ3n) is 5.33. The molecule has 231 valence electrons. The Hall–Kier alpha value is 0.590. The van der Waals surface area contributed by atoms with Crippen LogP contribution in [0, 0.1) is 0 Å². The fraction of sp³-hybridized carbons (Fsp3) is 1.00. The van der Waals surface area contributed by atoms with Crippen molar-refractivity contribution in [1.29, 1.82) is 0 Å². The van der Waals surface area contributed by atoms with Gasteiger partial charge < -0.3 is 33.2 Å². The molecule has 1 radical (unpaired) electrons. The molecule has 0 spiro atoms. The third-order valence-corrected chi connectivity index (χ3v) is 5.80. The van der Waals surface area contributed by atoms with E-state index in [0.29, 0.717) is 72.7 Å². The van der Waals surface area contributed by atoms with E-state index in [9.17, 15) is 8.42 Å². The SMILES string of the molecule is CCCCCCCCCCCCOCCOCCOCCOCCOCCOCCOCCOS(=O)(=O)O.[Na]. The minimum absolute atomic E-state index is 0. The van der Waals surface area contributed by atoms with Crippen molar-refractivity contribution in [3.05, 3.63) is 0 Å². The van der Waals surface area contributed by atoms with Crippen LogP contribution in [0.3, 0.4) is 0 Å². The van der Waals surface area contributed by atoms with E-state index < -0.39 is 10.4 Å². The van der Waals surface area contributed by atoms with Gasteiger partial charge in [0, 0.05) is 36.2 Å². The number of hydrogen-bond acceptors (Lipinski definition) is 10. The Morgan fingerprint density at radius 1 is 0.410 bits per heavy atom. The van der Waals surface area contributed by atoms with Crippen molar-refractivity contribution < 1.29 is 50.3 Å². The Balaban J connectivity index is 0. The second-order valence-electron chi connectivity index (χ2n) is 8.72. The van der Waals surface area contributed by atoms with Crippen LogP contribution < -0.4 is 0 Å². The number of rotatable bonds is 33. The first kappa shape index (κ1) is 41.7. The molecule has 0 fully saturated rings. The minimum atomic E-state index is -4.41. The maximum Gasteiger partial charge on any atom is 0.397 e. The molecule has 39 heavy (non-hydrogen) atoms. The Morgan fingerprint density at radius 3 is 0.974 bits per heavy atom. The molecule has 0 saturated heterocycles. The fourth-order valence-corrected chi connectivity index (χ4v) is 3.59. The van der Waals surface area contributed by atoms with Crippen LogP contribution in [0.2, 0.25) is 0 Å². The topological polar surface area (TPSA) is 128 Å². The van der Waals surface area contributed by atoms with Gasteiger partial charge in [-0.25, -0.2) is 4.18 Å². The summed E-state index contributed by atoms with van der Waals surface area (Å²) in [5.74, 6) is 0. The maximum atomic E-state index is 10.3. The van der Waals surface area contributed by atoms with Crippen molar-refractivity contribution in [2.24, 2.45) is 0 Å². The van der Waals surface area contributed by atoms with Gasteiger partial charge in [0.2, 0.25) is 0 Å². The molecule has 0 atom stereocenters. The summed E-state index contributed by atoms with van der Waals surface area (Å²) < 4.78 is 70.9. The molecule has 0 aromatic carbocycles. The molecule has 0 aliphatic carbocycles. The molecule has 0 heterocycles. The van der Waals surface area contributed by atoms with E-state index in [1.165, 1.54) is 57.8 Å². The standard InChI is InChI=1S/C26H54O11S.Na/c1-2-3-4-5-6-7-8-9-10-11-12-30-13-14-31-15-16-32-17-18-33-19-20-34-21-22-35-23-24-36-25-26-37-38(27,28)29;/h2-26H2,1H3,(H,27,28,29);. The summed E-state index contributed by atoms with van der Waals surface area (Å²) in [6.07, 6.45) is 13.3. The van der Waals surface area contributed by atoms with E-state index >= 15 is 0 Å². The number of hydrogen-bond donors (Lipinski definition) is 1. The average Bonchev–Trinajstić information content (AvgIpc) is 2.88. The molecule has 0 aliphatic rings. The summed E-state index contributed by atoms with van der Waals surface area (Å²) in [5, 5.41) is 0. The molecule has 13 heteroatoms. The van der Waals surface area contributed by atoms with Gasteiger partial charge in [-0.15, -0.1) is 0 Å². The molecule has 1 N–H and O–H groups in total. The van der Waals surface area contributed by atoms with Crippen LogP contribution in [0.4, 0.5) is 0 Å². The third kappa shape index (κ3) is 40.8. The predicted molar refractivity (Wildman–Crippen MR) is 151 cm³/mol. The first-order chi connectivity index (χ1) is 18.6. The summed E-state index contributed by atoms with van der Waals surface area (Å²) >= 11 is 0. The molecule has 11 nitrogen and oxygen atoms in total. The van der Waals surface area contributed by atoms with Crippen LogP contribution in [0.15, 0.2) is 0 Å². The molecule has 0 aliphatic heterocycles. The minimum Gasteiger partial charge on any atom is -0.379 e. The smallest absolute Gasteiger partial charge is 0.379 e. The summed E-state index contributed by atoms with van der Waals surface area (Å²) in [5.41, 5.74) is 0. The van der Waals surface area contributed by atoms with E-state index in [4.69, 9.17) is 37.7 Å². The van der Waals surface area contributed by atoms with Crippen LogP contribution in [0.5, 0.6) is 0 Å². The summed E-state index contributed by atoms with van der Waals surface area (Å²) in [6, 6.07) is 0. The van der Waals surface area contributed by atoms with E-state index in [-0.39, 0.29) is 49.4 Å². The summed E-state index contributed by atoms with van der Waals surface area (Å²) in [4.78, 5) is 0. The molecular formula is C26H54NaO11S. The summed E-state index contributed by atoms with van der Waals surface area (Å²) in [6.45, 7) is 8.64. The van der Waals surface area contributed by atoms with E-state index in [2.05, 4.69) is 11.1 Å². The van der Waals surface area contributed by atoms with Gasteiger partial charge in [-0.1, -0.05) is 64.7 Å². The normalized spacial score (nSPS) is 11.6. The van der Waals surface area contributed by atoms with Crippen molar-refractivity contribution in [1.82, 2.24) is 0 Å². The molecule has 0 unspecified atom stereocenters. The number of unbranched alkanes of at least 4 members (excludes halogenated alkanes) is 9. The van der Waals surface area contributed by atoms with Gasteiger partial charge in [-0.2, -0.15) is 8.42 Å². The quantitative estimate of drug-likeness (QED) is 0.0679. The van der Waals surface area contributed by atoms with Gasteiger partial charge in [0.05, 0.1) is 92.5 Å². The molecule has 0 rings (SSSR count). The zero-order valence-electron chi connectivity index (χ0n) is 24.6. The van der Waals surface area contributed by atoms with E-state index in [1.807, 2.05) is 0 Å². The molecule has 0 aromatic rings. The largest absolute Gasteiger partial charge is 0.397 e. The van der Waals surface area contributed by atoms with Crippen molar-refractivity contribution in [2.75, 3.05) is 99.1 Å². The van der Waals surface area contributed by atoms with E-state index in [0.717, 1.165) is 13.0 Å². The van der Waals surface area contributed by atoms with Crippen LogP contribution in [0.1, 0.15) is 71.1 Å². The van der Waals surface area contributed by atoms with Crippen molar-refractivity contribution >= 4 is 40.0 Å². The van der Waals surface area contributed by atoms with Crippen LogP contribution in [0.25, 0.3) is 0 Å². The van der Waals surface area contributed by atoms with Crippen molar-refractivity contribution in [3.63, 3.8) is 0 Å². The Bertz CT molecular complexity index is 556. The van der Waals surface area contributed by atoms with Gasteiger partial charge >= 0.3 is 10.4 Å². The van der Waals surface area contributed by atoms with E-state index in [1.54, 1.807) is 0 Å². The molecule has 0 amide bonds. The zero-order valence-corrected chi connectivity index (χ0v) is 27.4. The van der Waals surface area contributed by atoms with Gasteiger partial charge in [-0.3, -0.25) is 4.55 Å². The summed E-state index contributed by atoms with van der Waals surface area (Å²) in [7, 11) is -4.41. The van der Waals surface area contributed by atoms with Crippen LogP contribution in [-0.2, 0) is 47.7 Å². The van der Waals surface area contributed by atoms with Gasteiger partial charge in [0.25, 0.3) is 0 Å². The van der Waals surface area contributed by atoms with Crippen LogP contribution >= 0.6 is 0 Å². The first-order valence-corrected chi connectivity index (χ1v) is 15.6. The Kier molecular flexibility index (Phi) is 37.2. The van der Waals surface area contributed by atoms with Crippen LogP contribution in [-0.4, -0.2) is 142 Å². The first-order valence-electron chi connectivity index (χ1n) is 14.2. The monoisotopic (exact) mass is 597 g/mol. The maximum absolute atomic E-state index is 10.3. The van der Waals surface area contributed by atoms with Gasteiger partial charge in [-0.05, 0) is 6.42 Å². The molecule has 0 aromatic heterocycles. The molecule has 0 saturated carbocycles. The van der Waals surface area contributed by atoms with Crippen molar-refractivity contribution in [3.8, 4) is 0 Å². The zero-order chi connectivity index (χ0) is 27.8. The molecule has 0 bridgehead atoms. The van der Waals surface area contributed by atoms with Gasteiger partial charge in [0.1, 0.15) is 0 Å². The molecular weight excluding hydrogens is 543 g/mol. The van der Waals surface area contributed by atoms with Crippen molar-refractivity contribution in [2.45, 2.75) is 71.1 Å². The fourth-order valence-electron chi connectivity index (χ4n) is 3.31. The average molecular weight is 598 g/mol. The second-order valence-corrected chi connectivity index (χ2v) is 9.81.